The van der Waals surface area contributed by atoms with Crippen molar-refractivity contribution in [2.75, 3.05) is 12.4 Å². The average Bonchev–Trinajstić information content (AvgIpc) is 3.20. The van der Waals surface area contributed by atoms with Crippen LogP contribution in [0.3, 0.4) is 0 Å². The van der Waals surface area contributed by atoms with Crippen LogP contribution in [0.15, 0.2) is 35.2 Å². The fourth-order valence-corrected chi connectivity index (χ4v) is 2.33. The molecule has 0 aromatic carbocycles. The Kier molecular flexibility index (Phi) is 3.98. The van der Waals surface area contributed by atoms with Crippen LogP contribution in [0.4, 0.5) is 5.69 Å². The topological polar surface area (TPSA) is 87.1 Å². The van der Waals surface area contributed by atoms with Crippen LogP contribution in [-0.2, 0) is 25.4 Å². The third kappa shape index (κ3) is 3.02. The number of aromatic nitrogens is 4. The lowest BCUT2D eigenvalue weighted by molar-refractivity contribution is 0.102. The maximum atomic E-state index is 12.6. The van der Waals surface area contributed by atoms with Crippen molar-refractivity contribution in [1.29, 1.82) is 0 Å². The number of hydrogen-bond acceptors (Lipinski definition) is 5. The van der Waals surface area contributed by atoms with Crippen molar-refractivity contribution in [3.05, 3.63) is 42.0 Å². The summed E-state index contributed by atoms with van der Waals surface area (Å²) >= 11 is 0. The van der Waals surface area contributed by atoms with Gasteiger partial charge in [-0.15, -0.1) is 0 Å². The van der Waals surface area contributed by atoms with E-state index < -0.39 is 0 Å². The number of carbonyl (C=O) groups excluding carboxylic acids is 1. The van der Waals surface area contributed by atoms with Crippen molar-refractivity contribution < 1.29 is 13.9 Å². The van der Waals surface area contributed by atoms with E-state index in [9.17, 15) is 4.79 Å². The number of aryl methyl sites for hydroxylation is 2. The monoisotopic (exact) mass is 315 g/mol. The molecule has 8 nitrogen and oxygen atoms in total. The Morgan fingerprint density at radius 2 is 2.09 bits per heavy atom. The fraction of sp³-hybridized carbons (Fsp3) is 0.267. The third-order valence-corrected chi connectivity index (χ3v) is 3.26. The highest BCUT2D eigenvalue weighted by Gasteiger charge is 2.19. The lowest BCUT2D eigenvalue weighted by Gasteiger charge is -2.04. The minimum atomic E-state index is -0.272. The van der Waals surface area contributed by atoms with Gasteiger partial charge in [-0.05, 0) is 12.1 Å². The van der Waals surface area contributed by atoms with Gasteiger partial charge in [0.05, 0.1) is 24.1 Å². The van der Waals surface area contributed by atoms with E-state index >= 15 is 0 Å². The maximum Gasteiger partial charge on any atom is 0.259 e. The standard InChI is InChI=1S/C15H17N5O3/c1-19-7-10(12(17-19)9-22-3)15(21)16-11-8-20(2)18-14(11)13-5-4-6-23-13/h4-8H,9H2,1-3H3,(H,16,21). The molecule has 120 valence electrons. The second-order valence-corrected chi connectivity index (χ2v) is 5.09. The Hall–Kier alpha value is -2.87. The highest BCUT2D eigenvalue weighted by atomic mass is 16.5. The number of anilines is 1. The van der Waals surface area contributed by atoms with Crippen molar-refractivity contribution in [2.45, 2.75) is 6.61 Å². The summed E-state index contributed by atoms with van der Waals surface area (Å²) in [6.45, 7) is 0.266. The first-order valence-electron chi connectivity index (χ1n) is 6.99. The van der Waals surface area contributed by atoms with Gasteiger partial charge in [0.15, 0.2) is 11.5 Å². The van der Waals surface area contributed by atoms with Crippen molar-refractivity contribution in [2.24, 2.45) is 14.1 Å². The van der Waals surface area contributed by atoms with Crippen LogP contribution in [0.25, 0.3) is 11.5 Å². The summed E-state index contributed by atoms with van der Waals surface area (Å²) in [5.41, 5.74) is 2.18. The van der Waals surface area contributed by atoms with Gasteiger partial charge in [0.25, 0.3) is 5.91 Å². The second kappa shape index (κ2) is 6.09. The fourth-order valence-electron chi connectivity index (χ4n) is 2.33. The zero-order chi connectivity index (χ0) is 16.4. The molecule has 0 saturated carbocycles. The van der Waals surface area contributed by atoms with Gasteiger partial charge in [0.1, 0.15) is 5.69 Å². The van der Waals surface area contributed by atoms with E-state index in [4.69, 9.17) is 9.15 Å². The summed E-state index contributed by atoms with van der Waals surface area (Å²) in [4.78, 5) is 12.6. The number of ether oxygens (including phenoxy) is 1. The van der Waals surface area contributed by atoms with E-state index in [0.717, 1.165) is 0 Å². The molecule has 0 aliphatic rings. The van der Waals surface area contributed by atoms with E-state index in [0.29, 0.717) is 28.4 Å². The molecule has 0 radical (unpaired) electrons. The first-order chi connectivity index (χ1) is 11.1. The summed E-state index contributed by atoms with van der Waals surface area (Å²) in [6.07, 6.45) is 4.95. The molecule has 3 aromatic rings. The van der Waals surface area contributed by atoms with Gasteiger partial charge in [-0.2, -0.15) is 10.2 Å². The van der Waals surface area contributed by atoms with Crippen molar-refractivity contribution >= 4 is 11.6 Å². The molecule has 1 amide bonds. The Morgan fingerprint density at radius 3 is 2.78 bits per heavy atom. The van der Waals surface area contributed by atoms with Gasteiger partial charge in [0, 0.05) is 33.6 Å². The Bertz CT molecular complexity index is 816. The van der Waals surface area contributed by atoms with Crippen LogP contribution in [-0.4, -0.2) is 32.6 Å². The molecule has 0 bridgehead atoms. The zero-order valence-electron chi connectivity index (χ0n) is 13.1. The highest BCUT2D eigenvalue weighted by molar-refractivity contribution is 6.06. The quantitative estimate of drug-likeness (QED) is 0.776. The molecule has 3 heterocycles. The molecule has 0 aliphatic carbocycles. The Labute approximate surface area is 132 Å². The molecule has 1 N–H and O–H groups in total. The number of amides is 1. The van der Waals surface area contributed by atoms with Gasteiger partial charge < -0.3 is 14.5 Å². The van der Waals surface area contributed by atoms with Crippen LogP contribution >= 0.6 is 0 Å². The number of hydrogen-bond donors (Lipinski definition) is 1. The van der Waals surface area contributed by atoms with E-state index in [-0.39, 0.29) is 12.5 Å². The molecule has 23 heavy (non-hydrogen) atoms. The van der Waals surface area contributed by atoms with E-state index in [1.54, 1.807) is 61.4 Å². The minimum Gasteiger partial charge on any atom is -0.463 e. The van der Waals surface area contributed by atoms with E-state index in [1.807, 2.05) is 0 Å². The van der Waals surface area contributed by atoms with Crippen molar-refractivity contribution in [3.8, 4) is 11.5 Å². The van der Waals surface area contributed by atoms with Crippen LogP contribution in [0.5, 0.6) is 0 Å². The Morgan fingerprint density at radius 1 is 1.30 bits per heavy atom. The normalized spacial score (nSPS) is 10.9. The molecular weight excluding hydrogens is 298 g/mol. The Balaban J connectivity index is 1.89. The largest absolute Gasteiger partial charge is 0.463 e. The second-order valence-electron chi connectivity index (χ2n) is 5.09. The SMILES string of the molecule is COCc1nn(C)cc1C(=O)Nc1cn(C)nc1-c1ccco1. The number of furan rings is 1. The van der Waals surface area contributed by atoms with Crippen LogP contribution in [0.2, 0.25) is 0 Å². The maximum absolute atomic E-state index is 12.6. The van der Waals surface area contributed by atoms with Crippen LogP contribution in [0, 0.1) is 0 Å². The molecule has 0 aliphatic heterocycles. The minimum absolute atomic E-state index is 0.266. The summed E-state index contributed by atoms with van der Waals surface area (Å²) in [5, 5.41) is 11.4. The van der Waals surface area contributed by atoms with Gasteiger partial charge in [-0.1, -0.05) is 0 Å². The van der Waals surface area contributed by atoms with Gasteiger partial charge in [-0.3, -0.25) is 14.2 Å². The lowest BCUT2D eigenvalue weighted by Crippen LogP contribution is -2.13. The molecule has 8 heteroatoms. The molecule has 3 rings (SSSR count). The van der Waals surface area contributed by atoms with E-state index in [1.165, 1.54) is 0 Å². The smallest absolute Gasteiger partial charge is 0.259 e. The number of rotatable bonds is 5. The summed E-state index contributed by atoms with van der Waals surface area (Å²) in [5.74, 6) is 0.315. The summed E-state index contributed by atoms with van der Waals surface area (Å²) in [7, 11) is 5.10. The number of nitrogens with one attached hydrogen (secondary N) is 1. The van der Waals surface area contributed by atoms with Gasteiger partial charge in [-0.25, -0.2) is 0 Å². The molecular formula is C15H17N5O3. The molecule has 0 spiro atoms. The van der Waals surface area contributed by atoms with Gasteiger partial charge >= 0.3 is 0 Å². The number of carbonyl (C=O) groups is 1. The predicted molar refractivity (Wildman–Crippen MR) is 82.8 cm³/mol. The van der Waals surface area contributed by atoms with Crippen molar-refractivity contribution in [1.82, 2.24) is 19.6 Å². The predicted octanol–water partition coefficient (Wildman–Crippen LogP) is 1.81. The first kappa shape index (κ1) is 15.0. The molecule has 3 aromatic heterocycles. The zero-order valence-corrected chi connectivity index (χ0v) is 13.1. The molecule has 0 fully saturated rings. The number of methoxy groups -OCH3 is 1. The summed E-state index contributed by atoms with van der Waals surface area (Å²) < 4.78 is 13.6. The summed E-state index contributed by atoms with van der Waals surface area (Å²) in [6, 6.07) is 3.56. The molecule has 0 atom stereocenters. The van der Waals surface area contributed by atoms with Gasteiger partial charge in [0.2, 0.25) is 0 Å². The average molecular weight is 315 g/mol. The van der Waals surface area contributed by atoms with Crippen molar-refractivity contribution in [3.63, 3.8) is 0 Å². The van der Waals surface area contributed by atoms with Crippen LogP contribution < -0.4 is 5.32 Å². The third-order valence-electron chi connectivity index (χ3n) is 3.26. The first-order valence-corrected chi connectivity index (χ1v) is 6.99. The lowest BCUT2D eigenvalue weighted by atomic mass is 10.2. The highest BCUT2D eigenvalue weighted by Crippen LogP contribution is 2.27. The molecule has 0 saturated heterocycles. The number of nitrogens with zero attached hydrogens (tertiary/aromatic N) is 4. The van der Waals surface area contributed by atoms with E-state index in [2.05, 4.69) is 15.5 Å². The van der Waals surface area contributed by atoms with Crippen LogP contribution in [0.1, 0.15) is 16.1 Å². The molecule has 0 unspecified atom stereocenters.